The first kappa shape index (κ1) is 24.3. The maximum absolute atomic E-state index is 5.84. The summed E-state index contributed by atoms with van der Waals surface area (Å²) in [5.41, 5.74) is 1.61. The number of nitrogens with zero attached hydrogens (tertiary/aromatic N) is 2. The van der Waals surface area contributed by atoms with Crippen LogP contribution in [0.15, 0.2) is 58.8 Å². The second-order valence-corrected chi connectivity index (χ2v) is 7.82. The van der Waals surface area contributed by atoms with Crippen LogP contribution in [0, 0.1) is 0 Å². The maximum Gasteiger partial charge on any atom is 0.119 e. The molecule has 0 amide bonds. The number of unbranched alkanes of at least 4 members (excludes halogenated alkanes) is 8. The van der Waals surface area contributed by atoms with Crippen molar-refractivity contribution in [1.29, 1.82) is 0 Å². The van der Waals surface area contributed by atoms with Gasteiger partial charge >= 0.3 is 0 Å². The Morgan fingerprint density at radius 2 is 1.03 bits per heavy atom. The van der Waals surface area contributed by atoms with Gasteiger partial charge < -0.3 is 9.47 Å². The van der Waals surface area contributed by atoms with Crippen molar-refractivity contribution in [2.24, 2.45) is 10.2 Å². The van der Waals surface area contributed by atoms with Gasteiger partial charge in [0.15, 0.2) is 0 Å². The second-order valence-electron chi connectivity index (χ2n) is 7.37. The molecule has 0 N–H and O–H groups in total. The molecule has 0 aliphatic heterocycles. The smallest absolute Gasteiger partial charge is 0.119 e. The van der Waals surface area contributed by atoms with E-state index in [1.165, 1.54) is 51.4 Å². The minimum Gasteiger partial charge on any atom is -0.494 e. The van der Waals surface area contributed by atoms with Crippen LogP contribution in [0.2, 0.25) is 0 Å². The standard InChI is InChI=1S/C25H36N2O2S/c1-2-28-24-16-12-22(13-17-24)26-27-23-14-18-25(19-15-23)29-20-10-8-6-4-3-5-7-9-11-21-30/h12-19,30H,2-11,20-21H2,1H3. The van der Waals surface area contributed by atoms with Crippen LogP contribution in [-0.4, -0.2) is 19.0 Å². The number of benzene rings is 2. The van der Waals surface area contributed by atoms with Crippen molar-refractivity contribution in [3.63, 3.8) is 0 Å². The van der Waals surface area contributed by atoms with Crippen LogP contribution in [0.1, 0.15) is 64.7 Å². The molecule has 2 aromatic carbocycles. The highest BCUT2D eigenvalue weighted by molar-refractivity contribution is 7.80. The van der Waals surface area contributed by atoms with Gasteiger partial charge in [-0.25, -0.2) is 0 Å². The summed E-state index contributed by atoms with van der Waals surface area (Å²) in [5, 5.41) is 8.54. The number of azo groups is 1. The van der Waals surface area contributed by atoms with E-state index >= 15 is 0 Å². The summed E-state index contributed by atoms with van der Waals surface area (Å²) >= 11 is 4.25. The topological polar surface area (TPSA) is 43.2 Å². The lowest BCUT2D eigenvalue weighted by Gasteiger charge is -2.06. The minimum atomic E-state index is 0.659. The van der Waals surface area contributed by atoms with Crippen LogP contribution in [0.3, 0.4) is 0 Å². The Labute approximate surface area is 187 Å². The predicted molar refractivity (Wildman–Crippen MR) is 129 cm³/mol. The number of ether oxygens (including phenoxy) is 2. The Morgan fingerprint density at radius 1 is 0.600 bits per heavy atom. The van der Waals surface area contributed by atoms with Gasteiger partial charge in [-0.15, -0.1) is 0 Å². The summed E-state index contributed by atoms with van der Waals surface area (Å²) in [6, 6.07) is 15.4. The Bertz CT molecular complexity index is 702. The van der Waals surface area contributed by atoms with Gasteiger partial charge in [0.2, 0.25) is 0 Å². The van der Waals surface area contributed by atoms with Gasteiger partial charge in [0.1, 0.15) is 11.5 Å². The molecule has 0 aliphatic carbocycles. The van der Waals surface area contributed by atoms with E-state index in [0.717, 1.165) is 41.7 Å². The molecule has 0 heterocycles. The number of hydrogen-bond acceptors (Lipinski definition) is 5. The quantitative estimate of drug-likeness (QED) is 0.166. The predicted octanol–water partition coefficient (Wildman–Crippen LogP) is 8.32. The third kappa shape index (κ3) is 10.7. The van der Waals surface area contributed by atoms with Gasteiger partial charge in [-0.1, -0.05) is 44.9 Å². The molecule has 0 bridgehead atoms. The van der Waals surface area contributed by atoms with Crippen molar-refractivity contribution < 1.29 is 9.47 Å². The zero-order valence-electron chi connectivity index (χ0n) is 18.3. The van der Waals surface area contributed by atoms with Crippen molar-refractivity contribution in [2.75, 3.05) is 19.0 Å². The molecule has 0 saturated carbocycles. The van der Waals surface area contributed by atoms with Gasteiger partial charge in [0.25, 0.3) is 0 Å². The van der Waals surface area contributed by atoms with E-state index in [2.05, 4.69) is 22.9 Å². The minimum absolute atomic E-state index is 0.659. The van der Waals surface area contributed by atoms with Crippen LogP contribution >= 0.6 is 12.6 Å². The lowest BCUT2D eigenvalue weighted by molar-refractivity contribution is 0.304. The fourth-order valence-electron chi connectivity index (χ4n) is 3.14. The van der Waals surface area contributed by atoms with E-state index in [0.29, 0.717) is 6.61 Å². The van der Waals surface area contributed by atoms with E-state index in [1.807, 2.05) is 55.5 Å². The fourth-order valence-corrected chi connectivity index (χ4v) is 3.37. The molecule has 0 aromatic heterocycles. The van der Waals surface area contributed by atoms with Crippen molar-refractivity contribution in [3.8, 4) is 11.5 Å². The van der Waals surface area contributed by atoms with Gasteiger partial charge in [-0.2, -0.15) is 22.9 Å². The van der Waals surface area contributed by atoms with Gasteiger partial charge in [-0.3, -0.25) is 0 Å². The molecule has 0 fully saturated rings. The molecular weight excluding hydrogens is 392 g/mol. The van der Waals surface area contributed by atoms with E-state index < -0.39 is 0 Å². The Hall–Kier alpha value is -2.01. The third-order valence-corrected chi connectivity index (χ3v) is 5.15. The summed E-state index contributed by atoms with van der Waals surface area (Å²) in [7, 11) is 0. The SMILES string of the molecule is CCOc1ccc(N=Nc2ccc(OCCCCCCCCCCCS)cc2)cc1. The largest absolute Gasteiger partial charge is 0.494 e. The zero-order valence-corrected chi connectivity index (χ0v) is 19.2. The first-order valence-electron chi connectivity index (χ1n) is 11.3. The van der Waals surface area contributed by atoms with Crippen LogP contribution in [0.5, 0.6) is 11.5 Å². The highest BCUT2D eigenvalue weighted by Crippen LogP contribution is 2.23. The molecule has 30 heavy (non-hydrogen) atoms. The van der Waals surface area contributed by atoms with E-state index in [1.54, 1.807) is 0 Å². The van der Waals surface area contributed by atoms with Crippen molar-refractivity contribution in [2.45, 2.75) is 64.7 Å². The van der Waals surface area contributed by atoms with Crippen LogP contribution < -0.4 is 9.47 Å². The Kier molecular flexibility index (Phi) is 12.8. The lowest BCUT2D eigenvalue weighted by atomic mass is 10.1. The van der Waals surface area contributed by atoms with Crippen molar-refractivity contribution >= 4 is 24.0 Å². The van der Waals surface area contributed by atoms with Gasteiger partial charge in [-0.05, 0) is 74.0 Å². The summed E-state index contributed by atoms with van der Waals surface area (Å²) in [5.74, 6) is 2.76. The summed E-state index contributed by atoms with van der Waals surface area (Å²) in [6.07, 6.45) is 11.7. The molecule has 0 spiro atoms. The van der Waals surface area contributed by atoms with E-state index in [-0.39, 0.29) is 0 Å². The number of hydrogen-bond donors (Lipinski definition) is 1. The zero-order chi connectivity index (χ0) is 21.3. The van der Waals surface area contributed by atoms with E-state index in [9.17, 15) is 0 Å². The molecule has 0 radical (unpaired) electrons. The summed E-state index contributed by atoms with van der Waals surface area (Å²) in [4.78, 5) is 0. The van der Waals surface area contributed by atoms with Crippen LogP contribution in [0.25, 0.3) is 0 Å². The first-order chi connectivity index (χ1) is 14.8. The molecule has 0 aliphatic rings. The highest BCUT2D eigenvalue weighted by Gasteiger charge is 1.97. The molecule has 0 saturated heterocycles. The highest BCUT2D eigenvalue weighted by atomic mass is 32.1. The average Bonchev–Trinajstić information content (AvgIpc) is 2.78. The molecule has 2 rings (SSSR count). The second kappa shape index (κ2) is 15.8. The monoisotopic (exact) mass is 428 g/mol. The molecule has 2 aromatic rings. The normalized spacial score (nSPS) is 11.1. The summed E-state index contributed by atoms with van der Waals surface area (Å²) < 4.78 is 11.3. The van der Waals surface area contributed by atoms with Crippen LogP contribution in [0.4, 0.5) is 11.4 Å². The number of rotatable bonds is 16. The average molecular weight is 429 g/mol. The van der Waals surface area contributed by atoms with Gasteiger partial charge in [0, 0.05) is 0 Å². The van der Waals surface area contributed by atoms with E-state index in [4.69, 9.17) is 9.47 Å². The Morgan fingerprint density at radius 3 is 1.50 bits per heavy atom. The summed E-state index contributed by atoms with van der Waals surface area (Å²) in [6.45, 7) is 3.40. The lowest BCUT2D eigenvalue weighted by Crippen LogP contribution is -1.96. The molecule has 0 atom stereocenters. The maximum atomic E-state index is 5.84. The fraction of sp³-hybridized carbons (Fsp3) is 0.520. The first-order valence-corrected chi connectivity index (χ1v) is 11.9. The Balaban J connectivity index is 1.57. The van der Waals surface area contributed by atoms with Gasteiger partial charge in [0.05, 0.1) is 24.6 Å². The molecule has 0 unspecified atom stereocenters. The number of thiol groups is 1. The van der Waals surface area contributed by atoms with Crippen molar-refractivity contribution in [3.05, 3.63) is 48.5 Å². The molecule has 4 nitrogen and oxygen atoms in total. The van der Waals surface area contributed by atoms with Crippen molar-refractivity contribution in [1.82, 2.24) is 0 Å². The molecular formula is C25H36N2O2S. The van der Waals surface area contributed by atoms with Crippen LogP contribution in [-0.2, 0) is 0 Å². The molecule has 164 valence electrons. The molecule has 5 heteroatoms. The third-order valence-electron chi connectivity index (χ3n) is 4.84.